The predicted molar refractivity (Wildman–Crippen MR) is 91.0 cm³/mol. The van der Waals surface area contributed by atoms with Crippen molar-refractivity contribution in [3.63, 3.8) is 0 Å². The molecule has 0 spiro atoms. The SMILES string of the molecule is N=C(N)N1c2ccc(-c3ccccc3)c1c2Oc1ccnc(Cl)n1. The Morgan fingerprint density at radius 1 is 1.17 bits per heavy atom. The van der Waals surface area contributed by atoms with E-state index >= 15 is 0 Å². The molecule has 0 unspecified atom stereocenters. The molecule has 2 bridgehead atoms. The first-order valence-electron chi connectivity index (χ1n) is 7.18. The number of nitrogens with zero attached hydrogens (tertiary/aromatic N) is 3. The number of ether oxygens (including phenoxy) is 1. The largest absolute Gasteiger partial charge is 0.434 e. The van der Waals surface area contributed by atoms with E-state index < -0.39 is 0 Å². The molecule has 0 fully saturated rings. The minimum atomic E-state index is -0.0640. The summed E-state index contributed by atoms with van der Waals surface area (Å²) in [6.07, 6.45) is 5.38. The highest BCUT2D eigenvalue weighted by atomic mass is 35.5. The number of aromatic nitrogens is 2. The lowest BCUT2D eigenvalue weighted by atomic mass is 9.90. The van der Waals surface area contributed by atoms with Gasteiger partial charge < -0.3 is 10.5 Å². The number of nitrogens with two attached hydrogens (primary N) is 1. The average Bonchev–Trinajstić information content (AvgIpc) is 2.59. The van der Waals surface area contributed by atoms with Crippen LogP contribution in [0.3, 0.4) is 0 Å². The molecular weight excluding hydrogens is 326 g/mol. The van der Waals surface area contributed by atoms with Gasteiger partial charge in [-0.05, 0) is 29.3 Å². The van der Waals surface area contributed by atoms with Crippen LogP contribution >= 0.6 is 11.6 Å². The molecule has 0 saturated carbocycles. The Labute approximate surface area is 143 Å². The Balaban J connectivity index is 1.77. The van der Waals surface area contributed by atoms with Crippen molar-refractivity contribution >= 4 is 23.1 Å². The van der Waals surface area contributed by atoms with Crippen molar-refractivity contribution < 1.29 is 4.74 Å². The van der Waals surface area contributed by atoms with Crippen LogP contribution in [0.4, 0.5) is 0 Å². The van der Waals surface area contributed by atoms with E-state index in [0.29, 0.717) is 17.3 Å². The molecule has 6 nitrogen and oxygen atoms in total. The van der Waals surface area contributed by atoms with Gasteiger partial charge in [0.05, 0.1) is 5.70 Å². The van der Waals surface area contributed by atoms with Gasteiger partial charge in [0.15, 0.2) is 11.7 Å². The molecule has 0 radical (unpaired) electrons. The minimum absolute atomic E-state index is 0.0640. The maximum absolute atomic E-state index is 7.81. The normalized spacial score (nSPS) is 15.5. The van der Waals surface area contributed by atoms with Crippen molar-refractivity contribution in [2.75, 3.05) is 0 Å². The summed E-state index contributed by atoms with van der Waals surface area (Å²) in [6, 6.07) is 11.5. The number of rotatable bonds is 3. The maximum atomic E-state index is 7.81. The van der Waals surface area contributed by atoms with Crippen LogP contribution in [0.25, 0.3) is 5.57 Å². The molecule has 0 aliphatic carbocycles. The lowest BCUT2D eigenvalue weighted by molar-refractivity contribution is 0.342. The van der Waals surface area contributed by atoms with Crippen molar-refractivity contribution in [2.24, 2.45) is 5.73 Å². The van der Waals surface area contributed by atoms with Gasteiger partial charge in [-0.2, -0.15) is 4.98 Å². The highest BCUT2D eigenvalue weighted by molar-refractivity contribution is 6.28. The number of benzene rings is 1. The van der Waals surface area contributed by atoms with Gasteiger partial charge in [0.25, 0.3) is 0 Å². The molecule has 3 heterocycles. The summed E-state index contributed by atoms with van der Waals surface area (Å²) in [5.41, 5.74) is 9.10. The Hall–Kier alpha value is -3.12. The van der Waals surface area contributed by atoms with E-state index in [2.05, 4.69) is 9.97 Å². The number of fused-ring (bicyclic) bond motifs is 2. The van der Waals surface area contributed by atoms with Crippen molar-refractivity contribution in [2.45, 2.75) is 0 Å². The smallest absolute Gasteiger partial charge is 0.225 e. The molecule has 3 N–H and O–H groups in total. The highest BCUT2D eigenvalue weighted by Gasteiger charge is 2.41. The molecule has 1 aromatic heterocycles. The van der Waals surface area contributed by atoms with Gasteiger partial charge >= 0.3 is 0 Å². The summed E-state index contributed by atoms with van der Waals surface area (Å²) >= 11 is 5.81. The second-order valence-electron chi connectivity index (χ2n) is 5.16. The number of nitrogens with one attached hydrogen (secondary N) is 1. The van der Waals surface area contributed by atoms with E-state index in [1.165, 1.54) is 6.20 Å². The molecule has 4 rings (SSSR count). The maximum Gasteiger partial charge on any atom is 0.225 e. The van der Waals surface area contributed by atoms with Crippen LogP contribution < -0.4 is 10.5 Å². The van der Waals surface area contributed by atoms with Crippen molar-refractivity contribution in [3.8, 4) is 5.88 Å². The molecule has 2 aliphatic rings. The van der Waals surface area contributed by atoms with Crippen LogP contribution in [0.1, 0.15) is 5.56 Å². The van der Waals surface area contributed by atoms with Crippen molar-refractivity contribution in [1.29, 1.82) is 5.41 Å². The molecule has 118 valence electrons. The Morgan fingerprint density at radius 3 is 2.67 bits per heavy atom. The molecule has 24 heavy (non-hydrogen) atoms. The van der Waals surface area contributed by atoms with E-state index in [-0.39, 0.29) is 11.2 Å². The van der Waals surface area contributed by atoms with Gasteiger partial charge in [-0.25, -0.2) is 4.98 Å². The van der Waals surface area contributed by atoms with Crippen molar-refractivity contribution in [1.82, 2.24) is 14.9 Å². The van der Waals surface area contributed by atoms with Gasteiger partial charge in [0.1, 0.15) is 5.70 Å². The Morgan fingerprint density at radius 2 is 1.96 bits per heavy atom. The molecular formula is C17H12ClN5O. The van der Waals surface area contributed by atoms with E-state index in [9.17, 15) is 0 Å². The van der Waals surface area contributed by atoms with Gasteiger partial charge in [0.2, 0.25) is 11.2 Å². The number of hydrogen-bond acceptors (Lipinski definition) is 4. The fraction of sp³-hybridized carbons (Fsp3) is 0. The lowest BCUT2D eigenvalue weighted by Gasteiger charge is -2.41. The van der Waals surface area contributed by atoms with Crippen LogP contribution in [-0.4, -0.2) is 20.8 Å². The molecule has 0 saturated heterocycles. The standard InChI is InChI=1S/C17H12ClN5O/c18-16-21-9-8-13(22-16)24-15-12-7-6-11(10-4-2-1-3-5-10)14(15)23(12)17(19)20/h1-9H,(H3,19,20). The van der Waals surface area contributed by atoms with Gasteiger partial charge in [-0.15, -0.1) is 0 Å². The number of guanidine groups is 1. The fourth-order valence-electron chi connectivity index (χ4n) is 2.71. The Bertz CT molecular complexity index is 933. The third kappa shape index (κ3) is 2.24. The second-order valence-corrected chi connectivity index (χ2v) is 5.50. The molecule has 0 amide bonds. The van der Waals surface area contributed by atoms with Gasteiger partial charge in [-0.1, -0.05) is 30.3 Å². The average molecular weight is 338 g/mol. The van der Waals surface area contributed by atoms with Crippen molar-refractivity contribution in [3.05, 3.63) is 82.7 Å². The summed E-state index contributed by atoms with van der Waals surface area (Å²) in [5.74, 6) is 0.887. The number of allylic oxidation sites excluding steroid dienone is 3. The summed E-state index contributed by atoms with van der Waals surface area (Å²) in [4.78, 5) is 9.51. The van der Waals surface area contributed by atoms with Gasteiger partial charge in [-0.3, -0.25) is 10.3 Å². The molecule has 2 aromatic rings. The summed E-state index contributed by atoms with van der Waals surface area (Å²) < 4.78 is 5.87. The quantitative estimate of drug-likeness (QED) is 0.511. The lowest BCUT2D eigenvalue weighted by Crippen LogP contribution is -2.45. The molecule has 1 aromatic carbocycles. The zero-order chi connectivity index (χ0) is 16.7. The van der Waals surface area contributed by atoms with Gasteiger partial charge in [0, 0.05) is 17.8 Å². The zero-order valence-corrected chi connectivity index (χ0v) is 13.2. The topological polar surface area (TPSA) is 88.1 Å². The predicted octanol–water partition coefficient (Wildman–Crippen LogP) is 2.91. The van der Waals surface area contributed by atoms with E-state index in [4.69, 9.17) is 27.5 Å². The molecule has 2 aliphatic heterocycles. The molecule has 7 heteroatoms. The van der Waals surface area contributed by atoms with Crippen LogP contribution in [0.5, 0.6) is 5.88 Å². The van der Waals surface area contributed by atoms with Crippen LogP contribution in [0, 0.1) is 5.41 Å². The van der Waals surface area contributed by atoms with Crippen LogP contribution in [0.15, 0.2) is 71.9 Å². The fourth-order valence-corrected chi connectivity index (χ4v) is 2.85. The van der Waals surface area contributed by atoms with E-state index in [1.54, 1.807) is 11.0 Å². The minimum Gasteiger partial charge on any atom is -0.434 e. The third-order valence-electron chi connectivity index (χ3n) is 3.71. The third-order valence-corrected chi connectivity index (χ3v) is 3.89. The monoisotopic (exact) mass is 337 g/mol. The summed E-state index contributed by atoms with van der Waals surface area (Å²) in [5, 5.41) is 7.92. The first-order chi connectivity index (χ1) is 11.6. The summed E-state index contributed by atoms with van der Waals surface area (Å²) in [7, 11) is 0. The van der Waals surface area contributed by atoms with Crippen LogP contribution in [0.2, 0.25) is 5.28 Å². The first-order valence-corrected chi connectivity index (χ1v) is 7.56. The highest BCUT2D eigenvalue weighted by Crippen LogP contribution is 2.46. The number of hydrogen-bond donors (Lipinski definition) is 2. The van der Waals surface area contributed by atoms with E-state index in [0.717, 1.165) is 16.8 Å². The summed E-state index contributed by atoms with van der Waals surface area (Å²) in [6.45, 7) is 0. The molecule has 0 atom stereocenters. The zero-order valence-electron chi connectivity index (χ0n) is 12.4. The number of halogens is 1. The Kier molecular flexibility index (Phi) is 3.32. The van der Waals surface area contributed by atoms with Crippen LogP contribution in [-0.2, 0) is 0 Å². The van der Waals surface area contributed by atoms with E-state index in [1.807, 2.05) is 42.5 Å². The first kappa shape index (κ1) is 14.5. The second kappa shape index (κ2) is 5.50.